The Morgan fingerprint density at radius 1 is 1.17 bits per heavy atom. The molecule has 2 aliphatic rings. The van der Waals surface area contributed by atoms with Crippen LogP contribution in [0.3, 0.4) is 0 Å². The van der Waals surface area contributed by atoms with E-state index in [0.717, 1.165) is 36.8 Å². The quantitative estimate of drug-likeness (QED) is 0.669. The summed E-state index contributed by atoms with van der Waals surface area (Å²) in [4.78, 5) is 15.1. The number of aromatic carboxylic acids is 1. The fourth-order valence-corrected chi connectivity index (χ4v) is 4.69. The highest BCUT2D eigenvalue weighted by molar-refractivity contribution is 5.87. The van der Waals surface area contributed by atoms with Crippen LogP contribution in [0.15, 0.2) is 60.9 Å². The zero-order chi connectivity index (χ0) is 20.2. The molecule has 2 fully saturated rings. The molecule has 4 rings (SSSR count). The van der Waals surface area contributed by atoms with Gasteiger partial charge in [-0.2, -0.15) is 0 Å². The van der Waals surface area contributed by atoms with Gasteiger partial charge < -0.3 is 14.9 Å². The Bertz CT molecular complexity index is 849. The Morgan fingerprint density at radius 3 is 2.69 bits per heavy atom. The first-order valence-electron chi connectivity index (χ1n) is 10.3. The maximum atomic E-state index is 11.0. The third-order valence-corrected chi connectivity index (χ3v) is 6.18. The summed E-state index contributed by atoms with van der Waals surface area (Å²) >= 11 is 0. The maximum absolute atomic E-state index is 11.0. The lowest BCUT2D eigenvalue weighted by atomic mass is 9.76. The van der Waals surface area contributed by atoms with Crippen molar-refractivity contribution in [2.24, 2.45) is 11.8 Å². The SMILES string of the molecule is O=C(O)c1ccc(CC[C@H]2[C@H](C=CC(O)Cc3cccnc3)[C@@H]3CC[C@H]2O3)cc1. The van der Waals surface area contributed by atoms with Gasteiger partial charge in [0.05, 0.1) is 23.9 Å². The average molecular weight is 393 g/mol. The van der Waals surface area contributed by atoms with Crippen molar-refractivity contribution in [3.05, 3.63) is 77.6 Å². The summed E-state index contributed by atoms with van der Waals surface area (Å²) in [6, 6.07) is 11.0. The highest BCUT2D eigenvalue weighted by Crippen LogP contribution is 2.46. The largest absolute Gasteiger partial charge is 0.478 e. The lowest BCUT2D eigenvalue weighted by Crippen LogP contribution is -2.26. The predicted molar refractivity (Wildman–Crippen MR) is 110 cm³/mol. The normalized spacial score (nSPS) is 26.8. The predicted octanol–water partition coefficient (Wildman–Crippen LogP) is 3.67. The van der Waals surface area contributed by atoms with Crippen molar-refractivity contribution in [1.82, 2.24) is 4.98 Å². The average Bonchev–Trinajstić information content (AvgIpc) is 3.33. The number of nitrogens with zero attached hydrogens (tertiary/aromatic N) is 1. The number of aromatic nitrogens is 1. The van der Waals surface area contributed by atoms with E-state index >= 15 is 0 Å². The Labute approximate surface area is 171 Å². The lowest BCUT2D eigenvalue weighted by Gasteiger charge is -2.26. The molecule has 29 heavy (non-hydrogen) atoms. The summed E-state index contributed by atoms with van der Waals surface area (Å²) < 4.78 is 6.17. The van der Waals surface area contributed by atoms with Gasteiger partial charge in [-0.05, 0) is 60.9 Å². The number of carbonyl (C=O) groups is 1. The number of aliphatic hydroxyl groups is 1. The molecule has 152 valence electrons. The maximum Gasteiger partial charge on any atom is 0.335 e. The van der Waals surface area contributed by atoms with E-state index in [2.05, 4.69) is 11.1 Å². The fourth-order valence-electron chi connectivity index (χ4n) is 4.69. The van der Waals surface area contributed by atoms with Gasteiger partial charge in [0.2, 0.25) is 0 Å². The van der Waals surface area contributed by atoms with Crippen LogP contribution in [0.25, 0.3) is 0 Å². The Morgan fingerprint density at radius 2 is 1.97 bits per heavy atom. The molecule has 3 heterocycles. The topological polar surface area (TPSA) is 79.7 Å². The van der Waals surface area contributed by atoms with E-state index in [1.165, 1.54) is 0 Å². The zero-order valence-corrected chi connectivity index (χ0v) is 16.4. The Hall–Kier alpha value is -2.50. The van der Waals surface area contributed by atoms with Crippen molar-refractivity contribution < 1.29 is 19.7 Å². The number of fused-ring (bicyclic) bond motifs is 2. The number of ether oxygens (including phenoxy) is 1. The molecular formula is C24H27NO4. The number of aryl methyl sites for hydroxylation is 1. The number of benzene rings is 1. The first-order chi connectivity index (χ1) is 14.1. The number of rotatable bonds is 8. The zero-order valence-electron chi connectivity index (χ0n) is 16.4. The van der Waals surface area contributed by atoms with Crippen molar-refractivity contribution in [3.8, 4) is 0 Å². The number of carboxylic acid groups (broad SMARTS) is 1. The summed E-state index contributed by atoms with van der Waals surface area (Å²) in [5.74, 6) is -0.126. The summed E-state index contributed by atoms with van der Waals surface area (Å²) in [5, 5.41) is 19.4. The highest BCUT2D eigenvalue weighted by Gasteiger charge is 2.47. The molecule has 2 aromatic rings. The van der Waals surface area contributed by atoms with Crippen LogP contribution in [0.1, 0.15) is 40.7 Å². The van der Waals surface area contributed by atoms with Gasteiger partial charge in [0, 0.05) is 24.7 Å². The standard InChI is InChI=1S/C24H27NO4/c26-19(14-17-2-1-13-25-15-17)8-10-21-20(22-11-12-23(21)29-22)9-5-16-3-6-18(7-4-16)24(27)28/h1-4,6-8,10,13,15,19-23,26H,5,9,11-12,14H2,(H,27,28)/t19?,20-,21-,22+,23-/m0/s1. The van der Waals surface area contributed by atoms with Crippen LogP contribution in [0, 0.1) is 11.8 Å². The Kier molecular flexibility index (Phi) is 6.07. The van der Waals surface area contributed by atoms with Crippen LogP contribution in [-0.2, 0) is 17.6 Å². The molecule has 2 bridgehead atoms. The second kappa shape index (κ2) is 8.89. The molecule has 5 heteroatoms. The van der Waals surface area contributed by atoms with Gasteiger partial charge in [-0.1, -0.05) is 30.4 Å². The molecule has 1 aromatic carbocycles. The van der Waals surface area contributed by atoms with Crippen LogP contribution in [0.2, 0.25) is 0 Å². The number of aliphatic hydroxyl groups excluding tert-OH is 1. The molecule has 2 aliphatic heterocycles. The third kappa shape index (κ3) is 4.74. The number of hydrogen-bond acceptors (Lipinski definition) is 4. The molecule has 0 radical (unpaired) electrons. The van der Waals surface area contributed by atoms with Crippen LogP contribution in [-0.4, -0.2) is 39.5 Å². The monoisotopic (exact) mass is 393 g/mol. The minimum atomic E-state index is -0.895. The van der Waals surface area contributed by atoms with Gasteiger partial charge in [-0.25, -0.2) is 4.79 Å². The minimum absolute atomic E-state index is 0.251. The van der Waals surface area contributed by atoms with Gasteiger partial charge in [-0.3, -0.25) is 4.98 Å². The van der Waals surface area contributed by atoms with Gasteiger partial charge in [0.25, 0.3) is 0 Å². The summed E-state index contributed by atoms with van der Waals surface area (Å²) in [6.45, 7) is 0. The second-order valence-corrected chi connectivity index (χ2v) is 8.09. The molecule has 2 saturated heterocycles. The van der Waals surface area contributed by atoms with E-state index in [9.17, 15) is 9.90 Å². The van der Waals surface area contributed by atoms with Gasteiger partial charge in [0.1, 0.15) is 0 Å². The van der Waals surface area contributed by atoms with Crippen LogP contribution in [0.5, 0.6) is 0 Å². The molecule has 0 spiro atoms. The smallest absolute Gasteiger partial charge is 0.335 e. The first kappa shape index (κ1) is 19.8. The number of pyridine rings is 1. The Balaban J connectivity index is 1.36. The molecule has 5 atom stereocenters. The molecule has 0 aliphatic carbocycles. The van der Waals surface area contributed by atoms with Crippen molar-refractivity contribution >= 4 is 5.97 Å². The van der Waals surface area contributed by atoms with Crippen molar-refractivity contribution in [2.45, 2.75) is 50.4 Å². The third-order valence-electron chi connectivity index (χ3n) is 6.18. The van der Waals surface area contributed by atoms with Gasteiger partial charge in [-0.15, -0.1) is 0 Å². The van der Waals surface area contributed by atoms with Crippen molar-refractivity contribution in [1.29, 1.82) is 0 Å². The highest BCUT2D eigenvalue weighted by atomic mass is 16.5. The summed E-state index contributed by atoms with van der Waals surface area (Å²) in [6.07, 6.45) is 12.3. The fraction of sp³-hybridized carbons (Fsp3) is 0.417. The van der Waals surface area contributed by atoms with Crippen LogP contribution < -0.4 is 0 Å². The molecule has 2 N–H and O–H groups in total. The second-order valence-electron chi connectivity index (χ2n) is 8.09. The van der Waals surface area contributed by atoms with E-state index < -0.39 is 12.1 Å². The van der Waals surface area contributed by atoms with Crippen molar-refractivity contribution in [3.63, 3.8) is 0 Å². The molecule has 1 aromatic heterocycles. The molecular weight excluding hydrogens is 366 g/mol. The summed E-state index contributed by atoms with van der Waals surface area (Å²) in [5.41, 5.74) is 2.49. The van der Waals surface area contributed by atoms with Gasteiger partial charge in [0.15, 0.2) is 0 Å². The van der Waals surface area contributed by atoms with Gasteiger partial charge >= 0.3 is 5.97 Å². The molecule has 0 saturated carbocycles. The lowest BCUT2D eigenvalue weighted by molar-refractivity contribution is 0.0697. The van der Waals surface area contributed by atoms with Crippen molar-refractivity contribution in [2.75, 3.05) is 0 Å². The first-order valence-corrected chi connectivity index (χ1v) is 10.3. The van der Waals surface area contributed by atoms with E-state index in [-0.39, 0.29) is 6.10 Å². The minimum Gasteiger partial charge on any atom is -0.478 e. The van der Waals surface area contributed by atoms with Crippen LogP contribution >= 0.6 is 0 Å². The van der Waals surface area contributed by atoms with E-state index in [4.69, 9.17) is 9.84 Å². The van der Waals surface area contributed by atoms with E-state index in [1.54, 1.807) is 24.5 Å². The molecule has 0 amide bonds. The van der Waals surface area contributed by atoms with Crippen LogP contribution in [0.4, 0.5) is 0 Å². The van der Waals surface area contributed by atoms with E-state index in [1.807, 2.05) is 30.3 Å². The molecule has 1 unspecified atom stereocenters. The number of carboxylic acids is 1. The summed E-state index contributed by atoms with van der Waals surface area (Å²) in [7, 11) is 0. The number of hydrogen-bond donors (Lipinski definition) is 2. The van der Waals surface area contributed by atoms with E-state index in [0.29, 0.717) is 29.9 Å². The molecule has 5 nitrogen and oxygen atoms in total.